The molecule has 1 atom stereocenters. The SMILES string of the molecule is OC(CCNC1CCCCC1)COc1ccc2c(c1)OCCC2. The Balaban J connectivity index is 1.36. The minimum atomic E-state index is -0.428. The van der Waals surface area contributed by atoms with Gasteiger partial charge in [-0.1, -0.05) is 25.3 Å². The molecule has 1 heterocycles. The van der Waals surface area contributed by atoms with Crippen molar-refractivity contribution >= 4 is 0 Å². The predicted octanol–water partition coefficient (Wildman–Crippen LogP) is 3.06. The maximum Gasteiger partial charge on any atom is 0.126 e. The van der Waals surface area contributed by atoms with Crippen LogP contribution < -0.4 is 14.8 Å². The number of ether oxygens (including phenoxy) is 2. The van der Waals surface area contributed by atoms with Crippen LogP contribution in [0.3, 0.4) is 0 Å². The third-order valence-electron chi connectivity index (χ3n) is 4.84. The van der Waals surface area contributed by atoms with Gasteiger partial charge in [0.25, 0.3) is 0 Å². The molecule has 0 saturated heterocycles. The molecular formula is C19H29NO3. The molecular weight excluding hydrogens is 290 g/mol. The van der Waals surface area contributed by atoms with E-state index in [0.717, 1.165) is 43.9 Å². The van der Waals surface area contributed by atoms with Crippen LogP contribution in [0.15, 0.2) is 18.2 Å². The lowest BCUT2D eigenvalue weighted by Crippen LogP contribution is -2.34. The van der Waals surface area contributed by atoms with Crippen molar-refractivity contribution in [3.8, 4) is 11.5 Å². The molecule has 0 radical (unpaired) electrons. The number of benzene rings is 1. The van der Waals surface area contributed by atoms with Gasteiger partial charge in [-0.15, -0.1) is 0 Å². The van der Waals surface area contributed by atoms with Crippen LogP contribution in [0.2, 0.25) is 0 Å². The highest BCUT2D eigenvalue weighted by Gasteiger charge is 2.14. The summed E-state index contributed by atoms with van der Waals surface area (Å²) in [5.74, 6) is 1.71. The molecule has 0 amide bonds. The largest absolute Gasteiger partial charge is 0.493 e. The van der Waals surface area contributed by atoms with Gasteiger partial charge in [0.15, 0.2) is 0 Å². The molecule has 4 heteroatoms. The van der Waals surface area contributed by atoms with E-state index in [1.54, 1.807) is 0 Å². The van der Waals surface area contributed by atoms with Gasteiger partial charge in [-0.05, 0) is 50.3 Å². The molecule has 128 valence electrons. The Kier molecular flexibility index (Phi) is 6.17. The van der Waals surface area contributed by atoms with E-state index in [-0.39, 0.29) is 0 Å². The Bertz CT molecular complexity index is 486. The van der Waals surface area contributed by atoms with Crippen LogP contribution in [0.4, 0.5) is 0 Å². The van der Waals surface area contributed by atoms with Gasteiger partial charge in [0.05, 0.1) is 12.7 Å². The van der Waals surface area contributed by atoms with Crippen LogP contribution in [0.25, 0.3) is 0 Å². The van der Waals surface area contributed by atoms with Gasteiger partial charge in [0.2, 0.25) is 0 Å². The molecule has 1 fully saturated rings. The lowest BCUT2D eigenvalue weighted by molar-refractivity contribution is 0.0984. The predicted molar refractivity (Wildman–Crippen MR) is 91.3 cm³/mol. The number of hydrogen-bond acceptors (Lipinski definition) is 4. The Hall–Kier alpha value is -1.26. The number of rotatable bonds is 7. The van der Waals surface area contributed by atoms with Gasteiger partial charge in [-0.3, -0.25) is 0 Å². The molecule has 1 aliphatic heterocycles. The first kappa shape index (κ1) is 16.6. The number of aryl methyl sites for hydroxylation is 1. The van der Waals surface area contributed by atoms with Crippen molar-refractivity contribution in [1.82, 2.24) is 5.32 Å². The minimum absolute atomic E-state index is 0.338. The summed E-state index contributed by atoms with van der Waals surface area (Å²) in [5.41, 5.74) is 1.25. The van der Waals surface area contributed by atoms with Crippen molar-refractivity contribution < 1.29 is 14.6 Å². The van der Waals surface area contributed by atoms with E-state index < -0.39 is 6.10 Å². The molecule has 0 aromatic heterocycles. The van der Waals surface area contributed by atoms with Gasteiger partial charge in [0.1, 0.15) is 18.1 Å². The van der Waals surface area contributed by atoms with Gasteiger partial charge < -0.3 is 19.9 Å². The normalized spacial score (nSPS) is 19.7. The van der Waals surface area contributed by atoms with Gasteiger partial charge in [-0.2, -0.15) is 0 Å². The zero-order valence-corrected chi connectivity index (χ0v) is 13.9. The van der Waals surface area contributed by atoms with E-state index >= 15 is 0 Å². The fraction of sp³-hybridized carbons (Fsp3) is 0.684. The van der Waals surface area contributed by atoms with Crippen molar-refractivity contribution in [2.45, 2.75) is 63.5 Å². The van der Waals surface area contributed by atoms with E-state index in [0.29, 0.717) is 12.6 Å². The van der Waals surface area contributed by atoms with Crippen LogP contribution in [0.5, 0.6) is 11.5 Å². The zero-order chi connectivity index (χ0) is 15.9. The zero-order valence-electron chi connectivity index (χ0n) is 13.9. The van der Waals surface area contributed by atoms with Gasteiger partial charge in [-0.25, -0.2) is 0 Å². The maximum atomic E-state index is 10.1. The summed E-state index contributed by atoms with van der Waals surface area (Å²) in [7, 11) is 0. The maximum absolute atomic E-state index is 10.1. The lowest BCUT2D eigenvalue weighted by Gasteiger charge is -2.23. The highest BCUT2D eigenvalue weighted by molar-refractivity contribution is 5.41. The molecule has 2 aliphatic rings. The molecule has 1 saturated carbocycles. The van der Waals surface area contributed by atoms with E-state index in [1.807, 2.05) is 12.1 Å². The van der Waals surface area contributed by atoms with E-state index in [1.165, 1.54) is 37.7 Å². The monoisotopic (exact) mass is 319 g/mol. The molecule has 2 N–H and O–H groups in total. The smallest absolute Gasteiger partial charge is 0.126 e. The van der Waals surface area contributed by atoms with E-state index in [2.05, 4.69) is 11.4 Å². The van der Waals surface area contributed by atoms with Crippen LogP contribution in [-0.2, 0) is 6.42 Å². The third-order valence-corrected chi connectivity index (χ3v) is 4.84. The average Bonchev–Trinajstić information content (AvgIpc) is 2.61. The van der Waals surface area contributed by atoms with Crippen molar-refractivity contribution in [2.24, 2.45) is 0 Å². The third kappa shape index (κ3) is 5.11. The van der Waals surface area contributed by atoms with E-state index in [9.17, 15) is 5.11 Å². The summed E-state index contributed by atoms with van der Waals surface area (Å²) in [6, 6.07) is 6.64. The fourth-order valence-electron chi connectivity index (χ4n) is 3.45. The Morgan fingerprint density at radius 3 is 2.96 bits per heavy atom. The molecule has 0 spiro atoms. The topological polar surface area (TPSA) is 50.7 Å². The summed E-state index contributed by atoms with van der Waals surface area (Å²) in [4.78, 5) is 0. The lowest BCUT2D eigenvalue weighted by atomic mass is 9.95. The summed E-state index contributed by atoms with van der Waals surface area (Å²) in [5, 5.41) is 13.6. The first-order valence-corrected chi connectivity index (χ1v) is 9.11. The molecule has 1 aromatic carbocycles. The molecule has 23 heavy (non-hydrogen) atoms. The average molecular weight is 319 g/mol. The van der Waals surface area contributed by atoms with Crippen molar-refractivity contribution in [2.75, 3.05) is 19.8 Å². The van der Waals surface area contributed by atoms with Crippen molar-refractivity contribution in [1.29, 1.82) is 0 Å². The molecule has 1 aliphatic carbocycles. The minimum Gasteiger partial charge on any atom is -0.493 e. The molecule has 3 rings (SSSR count). The van der Waals surface area contributed by atoms with Gasteiger partial charge in [0, 0.05) is 12.1 Å². The van der Waals surface area contributed by atoms with Gasteiger partial charge >= 0.3 is 0 Å². The summed E-state index contributed by atoms with van der Waals surface area (Å²) >= 11 is 0. The Morgan fingerprint density at radius 2 is 2.09 bits per heavy atom. The highest BCUT2D eigenvalue weighted by Crippen LogP contribution is 2.29. The van der Waals surface area contributed by atoms with Crippen LogP contribution in [-0.4, -0.2) is 37.0 Å². The van der Waals surface area contributed by atoms with Crippen LogP contribution >= 0.6 is 0 Å². The molecule has 4 nitrogen and oxygen atoms in total. The number of nitrogens with one attached hydrogen (secondary N) is 1. The summed E-state index contributed by atoms with van der Waals surface area (Å²) in [6.07, 6.45) is 9.07. The second kappa shape index (κ2) is 8.55. The summed E-state index contributed by atoms with van der Waals surface area (Å²) < 4.78 is 11.4. The van der Waals surface area contributed by atoms with Crippen LogP contribution in [0, 0.1) is 0 Å². The van der Waals surface area contributed by atoms with Crippen molar-refractivity contribution in [3.63, 3.8) is 0 Å². The molecule has 0 bridgehead atoms. The Morgan fingerprint density at radius 1 is 1.22 bits per heavy atom. The molecule has 1 unspecified atom stereocenters. The van der Waals surface area contributed by atoms with Crippen molar-refractivity contribution in [3.05, 3.63) is 23.8 Å². The summed E-state index contributed by atoms with van der Waals surface area (Å²) in [6.45, 7) is 1.99. The standard InChI is InChI=1S/C19H29NO3/c21-17(10-11-20-16-6-2-1-3-7-16)14-23-18-9-8-15-5-4-12-22-19(15)13-18/h8-9,13,16-17,20-21H,1-7,10-12,14H2. The number of fused-ring (bicyclic) bond motifs is 1. The second-order valence-electron chi connectivity index (χ2n) is 6.76. The number of aliphatic hydroxyl groups is 1. The second-order valence-corrected chi connectivity index (χ2v) is 6.76. The highest BCUT2D eigenvalue weighted by atomic mass is 16.5. The van der Waals surface area contributed by atoms with Crippen LogP contribution in [0.1, 0.15) is 50.5 Å². The first-order valence-electron chi connectivity index (χ1n) is 9.11. The number of hydrogen-bond donors (Lipinski definition) is 2. The van der Waals surface area contributed by atoms with E-state index in [4.69, 9.17) is 9.47 Å². The number of aliphatic hydroxyl groups excluding tert-OH is 1. The molecule has 1 aromatic rings. The first-order chi connectivity index (χ1) is 11.3. The quantitative estimate of drug-likeness (QED) is 0.811. The fourth-order valence-corrected chi connectivity index (χ4v) is 3.45. The Labute approximate surface area is 139 Å².